The number of carbonyl (C=O) groups excluding carboxylic acids is 1. The minimum absolute atomic E-state index is 0.242. The Balaban J connectivity index is 1.90. The first-order chi connectivity index (χ1) is 10.9. The van der Waals surface area contributed by atoms with Crippen molar-refractivity contribution in [3.63, 3.8) is 0 Å². The molecule has 2 heterocycles. The summed E-state index contributed by atoms with van der Waals surface area (Å²) in [5, 5.41) is 0. The van der Waals surface area contributed by atoms with Crippen LogP contribution in [0, 0.1) is 0 Å². The Morgan fingerprint density at radius 1 is 1.13 bits per heavy atom. The van der Waals surface area contributed by atoms with E-state index in [1.807, 2.05) is 0 Å². The van der Waals surface area contributed by atoms with Gasteiger partial charge in [-0.3, -0.25) is 4.79 Å². The first-order valence-corrected chi connectivity index (χ1v) is 9.14. The highest BCUT2D eigenvalue weighted by Crippen LogP contribution is 2.32. The molecule has 0 bridgehead atoms. The second-order valence-corrected chi connectivity index (χ2v) is 7.80. The van der Waals surface area contributed by atoms with Crippen LogP contribution < -0.4 is 4.90 Å². The van der Waals surface area contributed by atoms with Crippen LogP contribution in [0.4, 0.5) is 10.1 Å². The average molecular weight is 338 g/mol. The highest BCUT2D eigenvalue weighted by Gasteiger charge is 2.30. The smallest absolute Gasteiger partial charge is 0.286 e. The number of hydrogen-bond donors (Lipinski definition) is 0. The lowest BCUT2D eigenvalue weighted by Crippen LogP contribution is -2.35. The molecule has 0 saturated carbocycles. The molecule has 2 aliphatic rings. The van der Waals surface area contributed by atoms with E-state index < -0.39 is 21.8 Å². The molecule has 124 valence electrons. The molecular formula is C16H19FN2O3S. The molecular weight excluding hydrogens is 319 g/mol. The summed E-state index contributed by atoms with van der Waals surface area (Å²) in [5.74, 6) is -1.78. The predicted octanol–water partition coefficient (Wildman–Crippen LogP) is 2.23. The second kappa shape index (κ2) is 6.05. The van der Waals surface area contributed by atoms with Gasteiger partial charge in [0.1, 0.15) is 0 Å². The van der Waals surface area contributed by atoms with Crippen molar-refractivity contribution in [2.75, 3.05) is 24.5 Å². The minimum Gasteiger partial charge on any atom is -0.306 e. The van der Waals surface area contributed by atoms with E-state index in [4.69, 9.17) is 0 Å². The second-order valence-electron chi connectivity index (χ2n) is 5.87. The van der Waals surface area contributed by atoms with Gasteiger partial charge < -0.3 is 4.90 Å². The molecule has 0 N–H and O–H groups in total. The molecule has 0 unspecified atom stereocenters. The van der Waals surface area contributed by atoms with Gasteiger partial charge in [-0.1, -0.05) is 13.0 Å². The van der Waals surface area contributed by atoms with E-state index in [2.05, 4.69) is 6.58 Å². The Kier molecular flexibility index (Phi) is 4.25. The summed E-state index contributed by atoms with van der Waals surface area (Å²) < 4.78 is 39.9. The molecule has 0 radical (unpaired) electrons. The fraction of sp³-hybridized carbons (Fsp3) is 0.438. The van der Waals surface area contributed by atoms with Crippen LogP contribution in [-0.4, -0.2) is 38.3 Å². The van der Waals surface area contributed by atoms with E-state index in [1.54, 1.807) is 12.1 Å². The maximum atomic E-state index is 13.1. The number of carbonyl (C=O) groups is 1. The molecule has 7 heteroatoms. The molecule has 0 atom stereocenters. The number of rotatable bonds is 3. The van der Waals surface area contributed by atoms with E-state index >= 15 is 0 Å². The molecule has 3 rings (SSSR count). The number of amides is 1. The number of anilines is 1. The van der Waals surface area contributed by atoms with Crippen LogP contribution in [0.2, 0.25) is 0 Å². The standard InChI is InChI=1S/C16H19FN2O3S/c1-12(17)16(20)19-10-7-13-11-14(5-6-15(13)19)23(21,22)18-8-3-2-4-9-18/h5-6,11H,1-4,7-10H2. The van der Waals surface area contributed by atoms with E-state index in [0.29, 0.717) is 31.7 Å². The third-order valence-corrected chi connectivity index (χ3v) is 6.27. The Labute approximate surface area is 135 Å². The predicted molar refractivity (Wildman–Crippen MR) is 85.4 cm³/mol. The molecule has 1 fully saturated rings. The fourth-order valence-corrected chi connectivity index (χ4v) is 4.72. The van der Waals surface area contributed by atoms with Crippen molar-refractivity contribution < 1.29 is 17.6 Å². The zero-order valence-corrected chi connectivity index (χ0v) is 13.6. The van der Waals surface area contributed by atoms with E-state index in [-0.39, 0.29) is 4.90 Å². The lowest BCUT2D eigenvalue weighted by molar-refractivity contribution is -0.116. The highest BCUT2D eigenvalue weighted by atomic mass is 32.2. The molecule has 1 amide bonds. The van der Waals surface area contributed by atoms with Gasteiger partial charge >= 0.3 is 0 Å². The third kappa shape index (κ3) is 2.90. The van der Waals surface area contributed by atoms with Crippen molar-refractivity contribution in [3.05, 3.63) is 36.2 Å². The number of sulfonamides is 1. The van der Waals surface area contributed by atoms with Crippen LogP contribution in [0.1, 0.15) is 24.8 Å². The summed E-state index contributed by atoms with van der Waals surface area (Å²) in [4.78, 5) is 13.3. The topological polar surface area (TPSA) is 57.7 Å². The zero-order chi connectivity index (χ0) is 16.6. The Morgan fingerprint density at radius 3 is 2.48 bits per heavy atom. The summed E-state index contributed by atoms with van der Waals surface area (Å²) in [6.07, 6.45) is 3.33. The molecule has 0 aliphatic carbocycles. The lowest BCUT2D eigenvalue weighted by Gasteiger charge is -2.26. The first kappa shape index (κ1) is 16.1. The quantitative estimate of drug-likeness (QED) is 0.794. The van der Waals surface area contributed by atoms with Gasteiger partial charge in [-0.05, 0) is 43.0 Å². The summed E-state index contributed by atoms with van der Waals surface area (Å²) in [6, 6.07) is 4.68. The third-order valence-electron chi connectivity index (χ3n) is 4.38. The largest absolute Gasteiger partial charge is 0.306 e. The number of benzene rings is 1. The van der Waals surface area contributed by atoms with Crippen molar-refractivity contribution in [3.8, 4) is 0 Å². The van der Waals surface area contributed by atoms with Crippen molar-refractivity contribution in [2.24, 2.45) is 0 Å². The molecule has 0 spiro atoms. The van der Waals surface area contributed by atoms with Gasteiger partial charge in [0.2, 0.25) is 10.0 Å². The fourth-order valence-electron chi connectivity index (χ4n) is 3.15. The van der Waals surface area contributed by atoms with Gasteiger partial charge in [-0.2, -0.15) is 4.31 Å². The van der Waals surface area contributed by atoms with Crippen LogP contribution in [-0.2, 0) is 21.2 Å². The van der Waals surface area contributed by atoms with Crippen LogP contribution in [0.3, 0.4) is 0 Å². The Morgan fingerprint density at radius 2 is 1.83 bits per heavy atom. The van der Waals surface area contributed by atoms with Crippen LogP contribution in [0.5, 0.6) is 0 Å². The van der Waals surface area contributed by atoms with Gasteiger partial charge in [0, 0.05) is 25.3 Å². The van der Waals surface area contributed by atoms with E-state index in [1.165, 1.54) is 15.3 Å². The summed E-state index contributed by atoms with van der Waals surface area (Å²) in [6.45, 7) is 4.46. The minimum atomic E-state index is -3.50. The van der Waals surface area contributed by atoms with Gasteiger partial charge in [0.25, 0.3) is 5.91 Å². The average Bonchev–Trinajstić information content (AvgIpc) is 2.97. The van der Waals surface area contributed by atoms with Crippen molar-refractivity contribution >= 4 is 21.6 Å². The molecule has 1 aromatic carbocycles. The number of piperidine rings is 1. The molecule has 1 aromatic rings. The SMILES string of the molecule is C=C(F)C(=O)N1CCc2cc(S(=O)(=O)N3CCCCC3)ccc21. The summed E-state index contributed by atoms with van der Waals surface area (Å²) >= 11 is 0. The number of halogens is 1. The van der Waals surface area contributed by atoms with Crippen LogP contribution >= 0.6 is 0 Å². The van der Waals surface area contributed by atoms with Gasteiger partial charge in [0.15, 0.2) is 5.83 Å². The Bertz CT molecular complexity index is 755. The molecule has 5 nitrogen and oxygen atoms in total. The maximum Gasteiger partial charge on any atom is 0.286 e. The van der Waals surface area contributed by atoms with Gasteiger partial charge in [-0.15, -0.1) is 0 Å². The summed E-state index contributed by atoms with van der Waals surface area (Å²) in [5.41, 5.74) is 1.31. The van der Waals surface area contributed by atoms with E-state index in [0.717, 1.165) is 24.8 Å². The van der Waals surface area contributed by atoms with Crippen LogP contribution in [0.15, 0.2) is 35.5 Å². The molecule has 1 saturated heterocycles. The van der Waals surface area contributed by atoms with E-state index in [9.17, 15) is 17.6 Å². The van der Waals surface area contributed by atoms with Gasteiger partial charge in [-0.25, -0.2) is 12.8 Å². The monoisotopic (exact) mass is 338 g/mol. The molecule has 0 aromatic heterocycles. The lowest BCUT2D eigenvalue weighted by atomic mass is 10.2. The number of nitrogens with zero attached hydrogens (tertiary/aromatic N) is 2. The first-order valence-electron chi connectivity index (χ1n) is 7.70. The highest BCUT2D eigenvalue weighted by molar-refractivity contribution is 7.89. The normalized spacial score (nSPS) is 18.7. The Hall–Kier alpha value is -1.73. The van der Waals surface area contributed by atoms with Crippen molar-refractivity contribution in [1.82, 2.24) is 4.31 Å². The van der Waals surface area contributed by atoms with Crippen molar-refractivity contribution in [1.29, 1.82) is 0 Å². The number of fused-ring (bicyclic) bond motifs is 1. The molecule has 23 heavy (non-hydrogen) atoms. The number of hydrogen-bond acceptors (Lipinski definition) is 3. The van der Waals surface area contributed by atoms with Gasteiger partial charge in [0.05, 0.1) is 4.90 Å². The molecule has 2 aliphatic heterocycles. The van der Waals surface area contributed by atoms with Crippen LogP contribution in [0.25, 0.3) is 0 Å². The summed E-state index contributed by atoms with van der Waals surface area (Å²) in [7, 11) is -3.50. The zero-order valence-electron chi connectivity index (χ0n) is 12.8. The maximum absolute atomic E-state index is 13.1. The van der Waals surface area contributed by atoms with Crippen molar-refractivity contribution in [2.45, 2.75) is 30.6 Å².